The standard InChI is InChI=1S/C15H22ClN5O2/c1-13(2,3)15(14(4,5)6,17-12(22)23)11-19-18-10-8-7-9(16)20-21(10)11/h7-8,17H,1-6H3,(H,22,23). The lowest BCUT2D eigenvalue weighted by Crippen LogP contribution is -2.62. The van der Waals surface area contributed by atoms with Gasteiger partial charge in [-0.2, -0.15) is 9.61 Å². The van der Waals surface area contributed by atoms with Crippen LogP contribution >= 0.6 is 11.6 Å². The van der Waals surface area contributed by atoms with Crippen molar-refractivity contribution in [2.45, 2.75) is 47.1 Å². The number of hydrogen-bond acceptors (Lipinski definition) is 4. The lowest BCUT2D eigenvalue weighted by molar-refractivity contribution is 0.0102. The van der Waals surface area contributed by atoms with Gasteiger partial charge in [0.15, 0.2) is 11.5 Å². The number of aromatic nitrogens is 4. The topological polar surface area (TPSA) is 92.4 Å². The van der Waals surface area contributed by atoms with Crippen LogP contribution in [0.15, 0.2) is 12.1 Å². The summed E-state index contributed by atoms with van der Waals surface area (Å²) in [7, 11) is 0. The normalized spacial score (nSPS) is 13.3. The van der Waals surface area contributed by atoms with Crippen LogP contribution in [0.1, 0.15) is 47.4 Å². The summed E-state index contributed by atoms with van der Waals surface area (Å²) in [5.74, 6) is 0.414. The van der Waals surface area contributed by atoms with E-state index in [1.54, 1.807) is 12.1 Å². The van der Waals surface area contributed by atoms with Crippen LogP contribution in [-0.4, -0.2) is 31.0 Å². The van der Waals surface area contributed by atoms with E-state index in [2.05, 4.69) is 20.6 Å². The number of carbonyl (C=O) groups is 1. The number of rotatable bonds is 2. The van der Waals surface area contributed by atoms with Crippen LogP contribution in [-0.2, 0) is 5.54 Å². The summed E-state index contributed by atoms with van der Waals surface area (Å²) >= 11 is 6.01. The molecule has 2 heterocycles. The maximum atomic E-state index is 11.6. The molecule has 0 saturated carbocycles. The van der Waals surface area contributed by atoms with E-state index in [0.717, 1.165) is 0 Å². The number of nitrogens with one attached hydrogen (secondary N) is 1. The van der Waals surface area contributed by atoms with Crippen molar-refractivity contribution < 1.29 is 9.90 Å². The van der Waals surface area contributed by atoms with Gasteiger partial charge in [-0.15, -0.1) is 10.2 Å². The van der Waals surface area contributed by atoms with E-state index in [1.807, 2.05) is 41.5 Å². The zero-order valence-electron chi connectivity index (χ0n) is 14.2. The summed E-state index contributed by atoms with van der Waals surface area (Å²) in [6.07, 6.45) is -1.13. The van der Waals surface area contributed by atoms with E-state index in [9.17, 15) is 9.90 Å². The van der Waals surface area contributed by atoms with E-state index in [0.29, 0.717) is 11.5 Å². The zero-order valence-corrected chi connectivity index (χ0v) is 14.9. The Kier molecular flexibility index (Phi) is 4.05. The van der Waals surface area contributed by atoms with E-state index >= 15 is 0 Å². The minimum atomic E-state index is -1.13. The second-order valence-corrected chi connectivity index (χ2v) is 8.02. The Morgan fingerprint density at radius 1 is 1.13 bits per heavy atom. The average molecular weight is 340 g/mol. The second-order valence-electron chi connectivity index (χ2n) is 7.63. The molecule has 7 nitrogen and oxygen atoms in total. The molecular weight excluding hydrogens is 318 g/mol. The van der Waals surface area contributed by atoms with Crippen molar-refractivity contribution in [1.29, 1.82) is 0 Å². The minimum absolute atomic E-state index is 0.283. The Morgan fingerprint density at radius 2 is 1.70 bits per heavy atom. The highest BCUT2D eigenvalue weighted by Crippen LogP contribution is 2.50. The third kappa shape index (κ3) is 2.73. The number of fused-ring (bicyclic) bond motifs is 1. The first-order chi connectivity index (χ1) is 10.4. The molecule has 126 valence electrons. The third-order valence-electron chi connectivity index (χ3n) is 4.11. The number of hydrogen-bond donors (Lipinski definition) is 2. The van der Waals surface area contributed by atoms with E-state index in [4.69, 9.17) is 11.6 Å². The maximum Gasteiger partial charge on any atom is 0.405 e. The molecule has 23 heavy (non-hydrogen) atoms. The number of halogens is 1. The Labute approximate surface area is 140 Å². The van der Waals surface area contributed by atoms with E-state index < -0.39 is 22.5 Å². The Hall–Kier alpha value is -1.89. The molecule has 2 aromatic rings. The third-order valence-corrected chi connectivity index (χ3v) is 4.31. The molecule has 2 aromatic heterocycles. The summed E-state index contributed by atoms with van der Waals surface area (Å²) in [4.78, 5) is 11.6. The van der Waals surface area contributed by atoms with Gasteiger partial charge in [-0.3, -0.25) is 0 Å². The Balaban J connectivity index is 2.89. The molecule has 0 spiro atoms. The molecule has 0 radical (unpaired) electrons. The van der Waals surface area contributed by atoms with Crippen LogP contribution in [0.3, 0.4) is 0 Å². The van der Waals surface area contributed by atoms with Crippen molar-refractivity contribution in [3.63, 3.8) is 0 Å². The molecule has 0 fully saturated rings. The maximum absolute atomic E-state index is 11.6. The Morgan fingerprint density at radius 3 is 2.17 bits per heavy atom. The monoisotopic (exact) mass is 339 g/mol. The Bertz CT molecular complexity index is 728. The quantitative estimate of drug-likeness (QED) is 0.875. The largest absolute Gasteiger partial charge is 0.465 e. The SMILES string of the molecule is CC(C)(C)C(NC(=O)O)(c1nnc2ccc(Cl)nn12)C(C)(C)C. The lowest BCUT2D eigenvalue weighted by Gasteiger charge is -2.51. The average Bonchev–Trinajstić information content (AvgIpc) is 2.75. The van der Waals surface area contributed by atoms with Gasteiger partial charge in [-0.1, -0.05) is 53.1 Å². The summed E-state index contributed by atoms with van der Waals surface area (Å²) in [6, 6.07) is 3.32. The van der Waals surface area contributed by atoms with E-state index in [-0.39, 0.29) is 5.15 Å². The molecule has 2 rings (SSSR count). The van der Waals surface area contributed by atoms with Gasteiger partial charge in [0.25, 0.3) is 0 Å². The van der Waals surface area contributed by atoms with Gasteiger partial charge < -0.3 is 10.4 Å². The highest BCUT2D eigenvalue weighted by Gasteiger charge is 2.56. The second kappa shape index (κ2) is 5.33. The summed E-state index contributed by atoms with van der Waals surface area (Å²) in [6.45, 7) is 11.7. The van der Waals surface area contributed by atoms with Gasteiger partial charge in [0.1, 0.15) is 10.7 Å². The summed E-state index contributed by atoms with van der Waals surface area (Å²) in [5, 5.41) is 25.1. The molecule has 0 aliphatic heterocycles. The van der Waals surface area contributed by atoms with Crippen LogP contribution in [0.5, 0.6) is 0 Å². The van der Waals surface area contributed by atoms with Gasteiger partial charge in [0, 0.05) is 0 Å². The van der Waals surface area contributed by atoms with Crippen LogP contribution in [0.25, 0.3) is 5.65 Å². The molecule has 2 N–H and O–H groups in total. The predicted molar refractivity (Wildman–Crippen MR) is 87.5 cm³/mol. The molecule has 0 aliphatic rings. The highest BCUT2D eigenvalue weighted by molar-refractivity contribution is 6.29. The van der Waals surface area contributed by atoms with Gasteiger partial charge in [0.2, 0.25) is 0 Å². The molecule has 8 heteroatoms. The van der Waals surface area contributed by atoms with Crippen molar-refractivity contribution in [2.75, 3.05) is 0 Å². The molecule has 0 bridgehead atoms. The summed E-state index contributed by atoms with van der Waals surface area (Å²) in [5.41, 5.74) is -1.54. The van der Waals surface area contributed by atoms with Crippen LogP contribution in [0, 0.1) is 10.8 Å². The molecule has 0 aromatic carbocycles. The molecule has 0 atom stereocenters. The van der Waals surface area contributed by atoms with Crippen molar-refractivity contribution in [3.05, 3.63) is 23.1 Å². The van der Waals surface area contributed by atoms with Gasteiger partial charge >= 0.3 is 6.09 Å². The fraction of sp³-hybridized carbons (Fsp3) is 0.600. The summed E-state index contributed by atoms with van der Waals surface area (Å²) < 4.78 is 1.51. The van der Waals surface area contributed by atoms with Crippen molar-refractivity contribution in [2.24, 2.45) is 10.8 Å². The van der Waals surface area contributed by atoms with Crippen LogP contribution in [0.4, 0.5) is 4.79 Å². The van der Waals surface area contributed by atoms with Crippen LogP contribution in [0.2, 0.25) is 5.15 Å². The molecule has 0 aliphatic carbocycles. The van der Waals surface area contributed by atoms with Gasteiger partial charge in [-0.25, -0.2) is 4.79 Å². The van der Waals surface area contributed by atoms with Crippen molar-refractivity contribution in [3.8, 4) is 0 Å². The van der Waals surface area contributed by atoms with Crippen molar-refractivity contribution in [1.82, 2.24) is 25.1 Å². The fourth-order valence-electron chi connectivity index (χ4n) is 3.39. The van der Waals surface area contributed by atoms with Gasteiger partial charge in [0.05, 0.1) is 0 Å². The van der Waals surface area contributed by atoms with E-state index in [1.165, 1.54) is 4.52 Å². The highest BCUT2D eigenvalue weighted by atomic mass is 35.5. The zero-order chi connectivity index (χ0) is 17.6. The van der Waals surface area contributed by atoms with Crippen molar-refractivity contribution >= 4 is 23.3 Å². The molecule has 0 saturated heterocycles. The number of amides is 1. The molecule has 0 unspecified atom stereocenters. The first-order valence-corrected chi connectivity index (χ1v) is 7.67. The molecular formula is C15H22ClN5O2. The number of carboxylic acid groups (broad SMARTS) is 1. The molecule has 1 amide bonds. The minimum Gasteiger partial charge on any atom is -0.465 e. The number of nitrogens with zero attached hydrogens (tertiary/aromatic N) is 4. The first kappa shape index (κ1) is 17.5. The lowest BCUT2D eigenvalue weighted by atomic mass is 9.59. The predicted octanol–water partition coefficient (Wildman–Crippen LogP) is 3.33. The van der Waals surface area contributed by atoms with Crippen LogP contribution < -0.4 is 5.32 Å². The first-order valence-electron chi connectivity index (χ1n) is 7.30. The fourth-order valence-corrected chi connectivity index (χ4v) is 3.53. The smallest absolute Gasteiger partial charge is 0.405 e. The van der Waals surface area contributed by atoms with Gasteiger partial charge in [-0.05, 0) is 23.0 Å².